The number of hydrogen-bond acceptors (Lipinski definition) is 3. The van der Waals surface area contributed by atoms with Crippen LogP contribution in [0.15, 0.2) is 12.7 Å². The fraction of sp³-hybridized carbons (Fsp3) is 0.600. The van der Waals surface area contributed by atoms with E-state index in [1.165, 1.54) is 0 Å². The summed E-state index contributed by atoms with van der Waals surface area (Å²) in [6.45, 7) is 3.60. The number of amides is 1. The molecule has 2 saturated heterocycles. The zero-order chi connectivity index (χ0) is 10.1. The molecule has 4 nitrogen and oxygen atoms in total. The maximum Gasteiger partial charge on any atom is 0.306 e. The van der Waals surface area contributed by atoms with Gasteiger partial charge in [0, 0.05) is 6.42 Å². The van der Waals surface area contributed by atoms with E-state index in [1.54, 1.807) is 6.08 Å². The quantitative estimate of drug-likeness (QED) is 0.512. The summed E-state index contributed by atoms with van der Waals surface area (Å²) in [6, 6.07) is -0.0167. The number of esters is 1. The van der Waals surface area contributed by atoms with E-state index in [0.29, 0.717) is 19.3 Å². The molecule has 14 heavy (non-hydrogen) atoms. The van der Waals surface area contributed by atoms with E-state index in [0.717, 1.165) is 0 Å². The zero-order valence-corrected chi connectivity index (χ0v) is 7.86. The standard InChI is InChI=1S/C10H13NO3/c1-2-6-5-7(11-10(6)13)8-3-4-9(12)14-8/h2,6-8H,1,3-5H2,(H,11,13). The van der Waals surface area contributed by atoms with Gasteiger partial charge < -0.3 is 10.1 Å². The lowest BCUT2D eigenvalue weighted by molar-refractivity contribution is -0.142. The molecule has 2 heterocycles. The largest absolute Gasteiger partial charge is 0.460 e. The van der Waals surface area contributed by atoms with Gasteiger partial charge in [-0.2, -0.15) is 0 Å². The summed E-state index contributed by atoms with van der Waals surface area (Å²) in [5.74, 6) is -0.293. The number of carbonyl (C=O) groups is 2. The zero-order valence-electron chi connectivity index (χ0n) is 7.86. The Balaban J connectivity index is 1.98. The molecule has 2 rings (SSSR count). The minimum absolute atomic E-state index is 0.00653. The van der Waals surface area contributed by atoms with Gasteiger partial charge in [-0.25, -0.2) is 0 Å². The molecular formula is C10H13NO3. The predicted molar refractivity (Wildman–Crippen MR) is 49.3 cm³/mol. The second-order valence-corrected chi connectivity index (χ2v) is 3.76. The molecule has 1 amide bonds. The first-order valence-corrected chi connectivity index (χ1v) is 4.83. The number of rotatable bonds is 2. The van der Waals surface area contributed by atoms with Gasteiger partial charge in [0.05, 0.1) is 12.0 Å². The van der Waals surface area contributed by atoms with E-state index in [-0.39, 0.29) is 29.9 Å². The summed E-state index contributed by atoms with van der Waals surface area (Å²) in [5, 5.41) is 2.83. The van der Waals surface area contributed by atoms with Gasteiger partial charge in [-0.1, -0.05) is 6.08 Å². The number of carbonyl (C=O) groups excluding carboxylic acids is 2. The van der Waals surface area contributed by atoms with Gasteiger partial charge in [0.15, 0.2) is 0 Å². The molecule has 1 N–H and O–H groups in total. The highest BCUT2D eigenvalue weighted by molar-refractivity contribution is 5.83. The van der Waals surface area contributed by atoms with Crippen LogP contribution in [0.4, 0.5) is 0 Å². The summed E-state index contributed by atoms with van der Waals surface area (Å²) in [5.41, 5.74) is 0. The monoisotopic (exact) mass is 195 g/mol. The van der Waals surface area contributed by atoms with Crippen molar-refractivity contribution in [2.75, 3.05) is 0 Å². The van der Waals surface area contributed by atoms with Crippen LogP contribution < -0.4 is 5.32 Å². The van der Waals surface area contributed by atoms with Crippen molar-refractivity contribution >= 4 is 11.9 Å². The first-order valence-electron chi connectivity index (χ1n) is 4.83. The lowest BCUT2D eigenvalue weighted by Crippen LogP contribution is -2.36. The summed E-state index contributed by atoms with van der Waals surface area (Å²) in [7, 11) is 0. The van der Waals surface area contributed by atoms with E-state index < -0.39 is 0 Å². The molecule has 4 heteroatoms. The van der Waals surface area contributed by atoms with Gasteiger partial charge in [-0.15, -0.1) is 6.58 Å². The Kier molecular flexibility index (Phi) is 2.27. The van der Waals surface area contributed by atoms with Crippen LogP contribution in [-0.4, -0.2) is 24.0 Å². The maximum absolute atomic E-state index is 11.3. The van der Waals surface area contributed by atoms with Crippen molar-refractivity contribution < 1.29 is 14.3 Å². The summed E-state index contributed by atoms with van der Waals surface area (Å²) in [6.07, 6.45) is 3.40. The van der Waals surface area contributed by atoms with Crippen molar-refractivity contribution in [3.05, 3.63) is 12.7 Å². The smallest absolute Gasteiger partial charge is 0.306 e. The fourth-order valence-corrected chi connectivity index (χ4v) is 2.01. The SMILES string of the molecule is C=CC1CC(C2CCC(=O)O2)NC1=O. The van der Waals surface area contributed by atoms with Crippen LogP contribution in [-0.2, 0) is 14.3 Å². The highest BCUT2D eigenvalue weighted by atomic mass is 16.5. The van der Waals surface area contributed by atoms with Crippen LogP contribution in [0.25, 0.3) is 0 Å². The van der Waals surface area contributed by atoms with Crippen LogP contribution in [0.2, 0.25) is 0 Å². The Labute approximate surface area is 82.3 Å². The molecule has 0 aromatic rings. The topological polar surface area (TPSA) is 55.4 Å². The summed E-state index contributed by atoms with van der Waals surface area (Å²) < 4.78 is 5.10. The molecule has 76 valence electrons. The highest BCUT2D eigenvalue weighted by Crippen LogP contribution is 2.26. The molecule has 0 aromatic carbocycles. The van der Waals surface area contributed by atoms with Crippen molar-refractivity contribution in [1.82, 2.24) is 5.32 Å². The van der Waals surface area contributed by atoms with Gasteiger partial charge in [0.25, 0.3) is 0 Å². The Bertz CT molecular complexity index is 287. The number of hydrogen-bond donors (Lipinski definition) is 1. The number of nitrogens with one attached hydrogen (secondary N) is 1. The summed E-state index contributed by atoms with van der Waals surface area (Å²) >= 11 is 0. The second-order valence-electron chi connectivity index (χ2n) is 3.76. The Morgan fingerprint density at radius 2 is 2.29 bits per heavy atom. The van der Waals surface area contributed by atoms with Gasteiger partial charge in [0.1, 0.15) is 6.10 Å². The van der Waals surface area contributed by atoms with Crippen LogP contribution >= 0.6 is 0 Å². The third-order valence-electron chi connectivity index (χ3n) is 2.82. The molecule has 2 fully saturated rings. The molecule has 0 aliphatic carbocycles. The second kappa shape index (κ2) is 3.44. The maximum atomic E-state index is 11.3. The van der Waals surface area contributed by atoms with E-state index >= 15 is 0 Å². The molecular weight excluding hydrogens is 182 g/mol. The predicted octanol–water partition coefficient (Wildman–Crippen LogP) is 0.383. The molecule has 3 atom stereocenters. The third kappa shape index (κ3) is 1.52. The number of cyclic esters (lactones) is 1. The Morgan fingerprint density at radius 3 is 2.79 bits per heavy atom. The molecule has 0 saturated carbocycles. The average Bonchev–Trinajstić information content (AvgIpc) is 2.71. The van der Waals surface area contributed by atoms with Crippen molar-refractivity contribution in [3.63, 3.8) is 0 Å². The highest BCUT2D eigenvalue weighted by Gasteiger charge is 2.39. The third-order valence-corrected chi connectivity index (χ3v) is 2.82. The molecule has 2 aliphatic rings. The van der Waals surface area contributed by atoms with Crippen LogP contribution in [0.1, 0.15) is 19.3 Å². The number of ether oxygens (including phenoxy) is 1. The van der Waals surface area contributed by atoms with E-state index in [1.807, 2.05) is 0 Å². The van der Waals surface area contributed by atoms with Crippen molar-refractivity contribution in [2.24, 2.45) is 5.92 Å². The van der Waals surface area contributed by atoms with Gasteiger partial charge in [0.2, 0.25) is 5.91 Å². The van der Waals surface area contributed by atoms with E-state index in [2.05, 4.69) is 11.9 Å². The molecule has 0 bridgehead atoms. The first kappa shape index (κ1) is 9.24. The lowest BCUT2D eigenvalue weighted by atomic mass is 10.0. The minimum Gasteiger partial charge on any atom is -0.460 e. The fourth-order valence-electron chi connectivity index (χ4n) is 2.01. The van der Waals surface area contributed by atoms with E-state index in [4.69, 9.17) is 4.74 Å². The van der Waals surface area contributed by atoms with E-state index in [9.17, 15) is 9.59 Å². The van der Waals surface area contributed by atoms with Crippen molar-refractivity contribution in [3.8, 4) is 0 Å². The normalized spacial score (nSPS) is 36.7. The lowest BCUT2D eigenvalue weighted by Gasteiger charge is -2.16. The van der Waals surface area contributed by atoms with Crippen molar-refractivity contribution in [2.45, 2.75) is 31.4 Å². The first-order chi connectivity index (χ1) is 6.70. The van der Waals surface area contributed by atoms with Crippen molar-refractivity contribution in [1.29, 1.82) is 0 Å². The van der Waals surface area contributed by atoms with Crippen LogP contribution in [0, 0.1) is 5.92 Å². The Hall–Kier alpha value is -1.32. The van der Waals surface area contributed by atoms with Gasteiger partial charge in [-0.05, 0) is 12.8 Å². The molecule has 0 aromatic heterocycles. The van der Waals surface area contributed by atoms with Crippen LogP contribution in [0.3, 0.4) is 0 Å². The molecule has 3 unspecified atom stereocenters. The molecule has 0 spiro atoms. The summed E-state index contributed by atoms with van der Waals surface area (Å²) in [4.78, 5) is 22.2. The van der Waals surface area contributed by atoms with Crippen LogP contribution in [0.5, 0.6) is 0 Å². The molecule has 0 radical (unpaired) electrons. The Morgan fingerprint density at radius 1 is 1.50 bits per heavy atom. The van der Waals surface area contributed by atoms with Gasteiger partial charge >= 0.3 is 5.97 Å². The average molecular weight is 195 g/mol. The minimum atomic E-state index is -0.161. The van der Waals surface area contributed by atoms with Gasteiger partial charge in [-0.3, -0.25) is 9.59 Å². The molecule has 2 aliphatic heterocycles.